The predicted molar refractivity (Wildman–Crippen MR) is 141 cm³/mol. The largest absolute Gasteiger partial charge is 0.493 e. The topological polar surface area (TPSA) is 83.2 Å². The van der Waals surface area contributed by atoms with E-state index in [0.29, 0.717) is 35.8 Å². The number of amides is 1. The van der Waals surface area contributed by atoms with E-state index in [1.54, 1.807) is 31.3 Å². The Hall–Kier alpha value is -4.85. The van der Waals surface area contributed by atoms with Gasteiger partial charge in [0.05, 0.1) is 32.0 Å². The molecule has 0 fully saturated rings. The van der Waals surface area contributed by atoms with Crippen molar-refractivity contribution in [2.45, 2.75) is 13.1 Å². The quantitative estimate of drug-likeness (QED) is 0.321. The molecule has 0 aliphatic carbocycles. The minimum absolute atomic E-state index is 0.215. The number of aromatic nitrogens is 4. The van der Waals surface area contributed by atoms with Crippen LogP contribution in [0.1, 0.15) is 21.5 Å². The maximum absolute atomic E-state index is 13.4. The number of hydrogen-bond donors (Lipinski definition) is 1. The molecule has 186 valence electrons. The van der Waals surface area contributed by atoms with Gasteiger partial charge in [0.25, 0.3) is 5.91 Å². The van der Waals surface area contributed by atoms with Gasteiger partial charge >= 0.3 is 0 Å². The Kier molecular flexibility index (Phi) is 6.98. The van der Waals surface area contributed by atoms with E-state index in [0.717, 1.165) is 22.4 Å². The molecule has 1 N–H and O–H groups in total. The van der Waals surface area contributed by atoms with Gasteiger partial charge in [-0.25, -0.2) is 4.68 Å². The van der Waals surface area contributed by atoms with Gasteiger partial charge in [-0.2, -0.15) is 10.2 Å². The molecule has 0 spiro atoms. The van der Waals surface area contributed by atoms with Crippen LogP contribution in [0.5, 0.6) is 11.5 Å². The van der Waals surface area contributed by atoms with Crippen molar-refractivity contribution in [2.75, 3.05) is 14.2 Å². The van der Waals surface area contributed by atoms with Crippen LogP contribution < -0.4 is 14.8 Å². The summed E-state index contributed by atoms with van der Waals surface area (Å²) in [6, 6.07) is 25.2. The highest BCUT2D eigenvalue weighted by molar-refractivity contribution is 6.00. The van der Waals surface area contributed by atoms with Crippen molar-refractivity contribution in [3.63, 3.8) is 0 Å². The van der Waals surface area contributed by atoms with Crippen LogP contribution in [0.4, 0.5) is 0 Å². The first-order valence-electron chi connectivity index (χ1n) is 11.9. The fraction of sp³-hybridized carbons (Fsp3) is 0.138. The molecule has 8 heteroatoms. The first-order chi connectivity index (χ1) is 18.1. The lowest BCUT2D eigenvalue weighted by Gasteiger charge is -2.10. The summed E-state index contributed by atoms with van der Waals surface area (Å²) in [6.07, 6.45) is 5.45. The van der Waals surface area contributed by atoms with Crippen molar-refractivity contribution in [1.29, 1.82) is 0 Å². The average Bonchev–Trinajstić information content (AvgIpc) is 3.63. The number of methoxy groups -OCH3 is 2. The molecule has 5 aromatic rings. The van der Waals surface area contributed by atoms with Gasteiger partial charge in [-0.3, -0.25) is 9.48 Å². The van der Waals surface area contributed by atoms with Gasteiger partial charge in [0.1, 0.15) is 5.69 Å². The second-order valence-corrected chi connectivity index (χ2v) is 8.44. The molecule has 0 bridgehead atoms. The van der Waals surface area contributed by atoms with Crippen molar-refractivity contribution in [3.8, 4) is 28.4 Å². The van der Waals surface area contributed by atoms with Gasteiger partial charge in [-0.1, -0.05) is 42.5 Å². The second kappa shape index (κ2) is 10.8. The smallest absolute Gasteiger partial charge is 0.255 e. The van der Waals surface area contributed by atoms with E-state index in [1.807, 2.05) is 89.7 Å². The fourth-order valence-corrected chi connectivity index (χ4v) is 4.07. The summed E-state index contributed by atoms with van der Waals surface area (Å²) >= 11 is 0. The van der Waals surface area contributed by atoms with E-state index in [4.69, 9.17) is 14.6 Å². The highest BCUT2D eigenvalue weighted by Gasteiger charge is 2.20. The molecule has 8 nitrogen and oxygen atoms in total. The number of para-hydroxylation sites is 1. The molecule has 0 unspecified atom stereocenters. The van der Waals surface area contributed by atoms with Crippen LogP contribution in [-0.4, -0.2) is 39.7 Å². The van der Waals surface area contributed by atoms with Gasteiger partial charge in [-0.15, -0.1) is 0 Å². The molecule has 37 heavy (non-hydrogen) atoms. The van der Waals surface area contributed by atoms with E-state index < -0.39 is 0 Å². The third-order valence-corrected chi connectivity index (χ3v) is 6.02. The zero-order valence-electron chi connectivity index (χ0n) is 20.7. The van der Waals surface area contributed by atoms with Crippen molar-refractivity contribution in [2.24, 2.45) is 0 Å². The van der Waals surface area contributed by atoms with Gasteiger partial charge in [0, 0.05) is 30.7 Å². The standard InChI is InChI=1S/C29H27N5O3/c1-36-26-14-13-23(17-27(26)37-2)28-25(20-34(32-28)24-7-4-3-5-8-24)29(35)30-18-21-9-11-22(12-10-21)19-33-16-6-15-31-33/h3-17,20H,18-19H2,1-2H3,(H,30,35). The van der Waals surface area contributed by atoms with Crippen LogP contribution in [0.15, 0.2) is 97.5 Å². The molecule has 5 rings (SSSR count). The first kappa shape index (κ1) is 23.9. The SMILES string of the molecule is COc1ccc(-c2nn(-c3ccccc3)cc2C(=O)NCc2ccc(Cn3cccn3)cc2)cc1OC. The Bertz CT molecular complexity index is 1480. The lowest BCUT2D eigenvalue weighted by atomic mass is 10.1. The molecule has 0 saturated carbocycles. The Balaban J connectivity index is 1.39. The van der Waals surface area contributed by atoms with Crippen molar-refractivity contribution < 1.29 is 14.3 Å². The average molecular weight is 494 g/mol. The molecule has 2 heterocycles. The summed E-state index contributed by atoms with van der Waals surface area (Å²) in [5.41, 5.74) is 4.76. The number of carbonyl (C=O) groups excluding carboxylic acids is 1. The number of benzene rings is 3. The summed E-state index contributed by atoms with van der Waals surface area (Å²) < 4.78 is 14.4. The Morgan fingerprint density at radius 1 is 0.892 bits per heavy atom. The third-order valence-electron chi connectivity index (χ3n) is 6.02. The molecule has 0 radical (unpaired) electrons. The van der Waals surface area contributed by atoms with E-state index in [1.165, 1.54) is 0 Å². The Morgan fingerprint density at radius 3 is 2.35 bits per heavy atom. The van der Waals surface area contributed by atoms with E-state index >= 15 is 0 Å². The monoisotopic (exact) mass is 493 g/mol. The molecule has 2 aromatic heterocycles. The van der Waals surface area contributed by atoms with Crippen LogP contribution in [0, 0.1) is 0 Å². The van der Waals surface area contributed by atoms with Crippen LogP contribution >= 0.6 is 0 Å². The van der Waals surface area contributed by atoms with Crippen molar-refractivity contribution in [3.05, 3.63) is 114 Å². The summed E-state index contributed by atoms with van der Waals surface area (Å²) in [5, 5.41) is 12.0. The molecular formula is C29H27N5O3. The van der Waals surface area contributed by atoms with Gasteiger partial charge < -0.3 is 14.8 Å². The Labute approximate surface area is 215 Å². The molecule has 0 aliphatic rings. The number of carbonyl (C=O) groups is 1. The van der Waals surface area contributed by atoms with Crippen LogP contribution in [0.25, 0.3) is 16.9 Å². The summed E-state index contributed by atoms with van der Waals surface area (Å²) in [5.74, 6) is 0.958. The summed E-state index contributed by atoms with van der Waals surface area (Å²) in [6.45, 7) is 1.09. The maximum Gasteiger partial charge on any atom is 0.255 e. The van der Waals surface area contributed by atoms with Gasteiger partial charge in [0.15, 0.2) is 11.5 Å². The molecule has 0 aliphatic heterocycles. The highest BCUT2D eigenvalue weighted by Crippen LogP contribution is 2.33. The number of ether oxygens (including phenoxy) is 2. The highest BCUT2D eigenvalue weighted by atomic mass is 16.5. The molecule has 3 aromatic carbocycles. The molecule has 0 atom stereocenters. The van der Waals surface area contributed by atoms with E-state index in [-0.39, 0.29) is 5.91 Å². The molecular weight excluding hydrogens is 466 g/mol. The first-order valence-corrected chi connectivity index (χ1v) is 11.9. The fourth-order valence-electron chi connectivity index (χ4n) is 4.07. The van der Waals surface area contributed by atoms with Crippen molar-refractivity contribution in [1.82, 2.24) is 24.9 Å². The maximum atomic E-state index is 13.4. The predicted octanol–water partition coefficient (Wildman–Crippen LogP) is 4.73. The van der Waals surface area contributed by atoms with Crippen LogP contribution in [0.2, 0.25) is 0 Å². The molecule has 0 saturated heterocycles. The lowest BCUT2D eigenvalue weighted by Crippen LogP contribution is -2.23. The van der Waals surface area contributed by atoms with E-state index in [9.17, 15) is 4.79 Å². The van der Waals surface area contributed by atoms with Crippen LogP contribution in [-0.2, 0) is 13.1 Å². The second-order valence-electron chi connectivity index (χ2n) is 8.44. The third kappa shape index (κ3) is 5.38. The number of nitrogens with zero attached hydrogens (tertiary/aromatic N) is 4. The minimum Gasteiger partial charge on any atom is -0.493 e. The normalized spacial score (nSPS) is 10.8. The zero-order chi connectivity index (χ0) is 25.6. The number of rotatable bonds is 9. The Morgan fingerprint density at radius 2 is 1.65 bits per heavy atom. The lowest BCUT2D eigenvalue weighted by molar-refractivity contribution is 0.0951. The summed E-state index contributed by atoms with van der Waals surface area (Å²) in [7, 11) is 3.17. The minimum atomic E-state index is -0.215. The van der Waals surface area contributed by atoms with Gasteiger partial charge in [0.2, 0.25) is 0 Å². The van der Waals surface area contributed by atoms with Crippen molar-refractivity contribution >= 4 is 5.91 Å². The summed E-state index contributed by atoms with van der Waals surface area (Å²) in [4.78, 5) is 13.4. The van der Waals surface area contributed by atoms with E-state index in [2.05, 4.69) is 10.4 Å². The van der Waals surface area contributed by atoms with Gasteiger partial charge in [-0.05, 0) is 47.5 Å². The molecule has 1 amide bonds. The number of hydrogen-bond acceptors (Lipinski definition) is 5. The number of nitrogens with one attached hydrogen (secondary N) is 1. The zero-order valence-corrected chi connectivity index (χ0v) is 20.7. The van der Waals surface area contributed by atoms with Crippen LogP contribution in [0.3, 0.4) is 0 Å².